The van der Waals surface area contributed by atoms with Gasteiger partial charge in [0.2, 0.25) is 0 Å². The zero-order chi connectivity index (χ0) is 12.3. The number of benzene rings is 1. The van der Waals surface area contributed by atoms with E-state index >= 15 is 0 Å². The van der Waals surface area contributed by atoms with Crippen LogP contribution in [-0.4, -0.2) is 12.5 Å². The average Bonchev–Trinajstić information content (AvgIpc) is 2.17. The van der Waals surface area contributed by atoms with Crippen LogP contribution in [0.5, 0.6) is 0 Å². The van der Waals surface area contributed by atoms with Crippen LogP contribution in [0.4, 0.5) is 10.1 Å². The summed E-state index contributed by atoms with van der Waals surface area (Å²) in [6.45, 7) is 6.62. The maximum absolute atomic E-state index is 12.9. The third kappa shape index (κ3) is 3.53. The van der Waals surface area contributed by atoms with Crippen molar-refractivity contribution in [2.24, 2.45) is 5.41 Å². The highest BCUT2D eigenvalue weighted by atomic mass is 19.1. The third-order valence-corrected chi connectivity index (χ3v) is 2.04. The van der Waals surface area contributed by atoms with Crippen molar-refractivity contribution in [2.75, 3.05) is 12.3 Å². The Hall–Kier alpha value is -1.58. The quantitative estimate of drug-likeness (QED) is 0.756. The topological polar surface area (TPSA) is 55.1 Å². The minimum atomic E-state index is -0.507. The van der Waals surface area contributed by atoms with E-state index in [-0.39, 0.29) is 17.0 Å². The second-order valence-corrected chi connectivity index (χ2v) is 4.98. The van der Waals surface area contributed by atoms with Crippen molar-refractivity contribution in [1.29, 1.82) is 0 Å². The molecule has 1 aromatic rings. The van der Waals surface area contributed by atoms with Crippen LogP contribution >= 0.6 is 0 Å². The Morgan fingerprint density at radius 3 is 2.56 bits per heavy atom. The van der Waals surface area contributed by atoms with E-state index < -0.39 is 5.82 Å². The van der Waals surface area contributed by atoms with Crippen LogP contribution in [0.25, 0.3) is 0 Å². The summed E-state index contributed by atoms with van der Waals surface area (Å²) in [6.07, 6.45) is 0. The summed E-state index contributed by atoms with van der Waals surface area (Å²) in [7, 11) is 0. The maximum Gasteiger partial charge on any atom is 0.251 e. The van der Waals surface area contributed by atoms with E-state index in [1.54, 1.807) is 0 Å². The Bertz CT molecular complexity index is 396. The van der Waals surface area contributed by atoms with Gasteiger partial charge in [-0.3, -0.25) is 4.79 Å². The van der Waals surface area contributed by atoms with Crippen molar-refractivity contribution in [3.05, 3.63) is 29.6 Å². The smallest absolute Gasteiger partial charge is 0.251 e. The van der Waals surface area contributed by atoms with E-state index in [4.69, 9.17) is 5.73 Å². The number of anilines is 1. The van der Waals surface area contributed by atoms with Crippen LogP contribution in [0.15, 0.2) is 18.2 Å². The first kappa shape index (κ1) is 12.5. The Morgan fingerprint density at radius 2 is 2.06 bits per heavy atom. The maximum atomic E-state index is 12.9. The van der Waals surface area contributed by atoms with Gasteiger partial charge in [0.1, 0.15) is 5.82 Å². The molecule has 0 atom stereocenters. The minimum absolute atomic E-state index is 0.0107. The van der Waals surface area contributed by atoms with E-state index in [1.807, 2.05) is 20.8 Å². The van der Waals surface area contributed by atoms with Crippen molar-refractivity contribution in [3.8, 4) is 0 Å². The molecule has 0 spiro atoms. The van der Waals surface area contributed by atoms with Gasteiger partial charge < -0.3 is 11.1 Å². The lowest BCUT2D eigenvalue weighted by molar-refractivity contribution is 0.0939. The van der Waals surface area contributed by atoms with E-state index in [0.717, 1.165) is 0 Å². The largest absolute Gasteiger partial charge is 0.396 e. The van der Waals surface area contributed by atoms with Gasteiger partial charge in [-0.1, -0.05) is 20.8 Å². The number of carbonyl (C=O) groups is 1. The fraction of sp³-hybridized carbons (Fsp3) is 0.417. The van der Waals surface area contributed by atoms with Gasteiger partial charge in [0.15, 0.2) is 0 Å². The SMILES string of the molecule is CC(C)(C)CNC(=O)c1ccc(F)c(N)c1. The molecule has 0 unspecified atom stereocenters. The number of hydrogen-bond donors (Lipinski definition) is 2. The van der Waals surface area contributed by atoms with Crippen LogP contribution in [0.2, 0.25) is 0 Å². The molecule has 1 rings (SSSR count). The Labute approximate surface area is 94.8 Å². The number of nitrogen functional groups attached to an aromatic ring is 1. The second-order valence-electron chi connectivity index (χ2n) is 4.98. The lowest BCUT2D eigenvalue weighted by atomic mass is 9.97. The molecule has 0 aliphatic rings. The fourth-order valence-corrected chi connectivity index (χ4v) is 1.13. The zero-order valence-corrected chi connectivity index (χ0v) is 9.80. The molecule has 0 fully saturated rings. The summed E-state index contributed by atoms with van der Waals surface area (Å²) in [6, 6.07) is 3.96. The molecular weight excluding hydrogens is 207 g/mol. The molecule has 3 N–H and O–H groups in total. The van der Waals surface area contributed by atoms with Gasteiger partial charge in [0, 0.05) is 12.1 Å². The molecule has 0 aliphatic carbocycles. The lowest BCUT2D eigenvalue weighted by Gasteiger charge is -2.18. The van der Waals surface area contributed by atoms with Crippen LogP contribution in [-0.2, 0) is 0 Å². The van der Waals surface area contributed by atoms with Crippen LogP contribution in [0, 0.1) is 11.2 Å². The number of hydrogen-bond acceptors (Lipinski definition) is 2. The molecule has 0 aliphatic heterocycles. The van der Waals surface area contributed by atoms with E-state index in [2.05, 4.69) is 5.32 Å². The summed E-state index contributed by atoms with van der Waals surface area (Å²) >= 11 is 0. The number of amides is 1. The molecule has 0 heterocycles. The minimum Gasteiger partial charge on any atom is -0.396 e. The Morgan fingerprint density at radius 1 is 1.44 bits per heavy atom. The highest BCUT2D eigenvalue weighted by Gasteiger charge is 2.13. The van der Waals surface area contributed by atoms with Gasteiger partial charge in [-0.15, -0.1) is 0 Å². The second kappa shape index (κ2) is 4.51. The lowest BCUT2D eigenvalue weighted by Crippen LogP contribution is -2.32. The molecule has 0 bridgehead atoms. The van der Waals surface area contributed by atoms with Gasteiger partial charge in [-0.25, -0.2) is 4.39 Å². The summed E-state index contributed by atoms with van der Waals surface area (Å²) in [5.41, 5.74) is 5.77. The first-order valence-electron chi connectivity index (χ1n) is 5.13. The third-order valence-electron chi connectivity index (χ3n) is 2.04. The predicted octanol–water partition coefficient (Wildman–Crippen LogP) is 2.18. The summed E-state index contributed by atoms with van der Waals surface area (Å²) in [5.74, 6) is -0.742. The van der Waals surface area contributed by atoms with Crippen molar-refractivity contribution in [1.82, 2.24) is 5.32 Å². The summed E-state index contributed by atoms with van der Waals surface area (Å²) in [5, 5.41) is 2.77. The van der Waals surface area contributed by atoms with Crippen LogP contribution < -0.4 is 11.1 Å². The standard InChI is InChI=1S/C12H17FN2O/c1-12(2,3)7-15-11(16)8-4-5-9(13)10(14)6-8/h4-6H,7,14H2,1-3H3,(H,15,16). The van der Waals surface area contributed by atoms with Crippen LogP contribution in [0.3, 0.4) is 0 Å². The van der Waals surface area contributed by atoms with Crippen molar-refractivity contribution >= 4 is 11.6 Å². The van der Waals surface area contributed by atoms with Crippen molar-refractivity contribution in [3.63, 3.8) is 0 Å². The first-order chi connectivity index (χ1) is 7.29. The van der Waals surface area contributed by atoms with Crippen molar-refractivity contribution < 1.29 is 9.18 Å². The molecular formula is C12H17FN2O. The van der Waals surface area contributed by atoms with Gasteiger partial charge in [0.25, 0.3) is 5.91 Å². The van der Waals surface area contributed by atoms with Gasteiger partial charge in [-0.05, 0) is 23.6 Å². The fourth-order valence-electron chi connectivity index (χ4n) is 1.13. The molecule has 0 aromatic heterocycles. The predicted molar refractivity (Wildman–Crippen MR) is 62.6 cm³/mol. The number of nitrogens with two attached hydrogens (primary N) is 1. The molecule has 0 saturated heterocycles. The molecule has 4 heteroatoms. The number of carbonyl (C=O) groups excluding carboxylic acids is 1. The Kier molecular flexibility index (Phi) is 3.52. The number of rotatable bonds is 2. The molecule has 1 aromatic carbocycles. The summed E-state index contributed by atoms with van der Waals surface area (Å²) < 4.78 is 12.9. The highest BCUT2D eigenvalue weighted by Crippen LogP contribution is 2.14. The summed E-state index contributed by atoms with van der Waals surface area (Å²) in [4.78, 5) is 11.7. The normalized spacial score (nSPS) is 11.2. The molecule has 88 valence electrons. The first-order valence-corrected chi connectivity index (χ1v) is 5.13. The van der Waals surface area contributed by atoms with E-state index in [0.29, 0.717) is 12.1 Å². The van der Waals surface area contributed by atoms with E-state index in [1.165, 1.54) is 18.2 Å². The monoisotopic (exact) mass is 224 g/mol. The molecule has 0 radical (unpaired) electrons. The number of halogens is 1. The molecule has 0 saturated carbocycles. The zero-order valence-electron chi connectivity index (χ0n) is 9.80. The Balaban J connectivity index is 2.70. The highest BCUT2D eigenvalue weighted by molar-refractivity contribution is 5.95. The number of nitrogens with one attached hydrogen (secondary N) is 1. The van der Waals surface area contributed by atoms with Gasteiger partial charge >= 0.3 is 0 Å². The van der Waals surface area contributed by atoms with Gasteiger partial charge in [0.05, 0.1) is 5.69 Å². The average molecular weight is 224 g/mol. The molecule has 1 amide bonds. The van der Waals surface area contributed by atoms with Gasteiger partial charge in [-0.2, -0.15) is 0 Å². The van der Waals surface area contributed by atoms with E-state index in [9.17, 15) is 9.18 Å². The molecule has 3 nitrogen and oxygen atoms in total. The van der Waals surface area contributed by atoms with Crippen molar-refractivity contribution in [2.45, 2.75) is 20.8 Å². The molecule has 16 heavy (non-hydrogen) atoms. The van der Waals surface area contributed by atoms with Crippen LogP contribution in [0.1, 0.15) is 31.1 Å².